The van der Waals surface area contributed by atoms with Crippen molar-refractivity contribution in [1.29, 1.82) is 0 Å². The third kappa shape index (κ3) is 2.47. The molecule has 0 spiro atoms. The van der Waals surface area contributed by atoms with Gasteiger partial charge in [0.05, 0.1) is 18.3 Å². The van der Waals surface area contributed by atoms with Crippen molar-refractivity contribution in [3.05, 3.63) is 29.6 Å². The minimum absolute atomic E-state index is 0.0316. The average molecular weight is 302 g/mol. The minimum Gasteiger partial charge on any atom is -0.337 e. The van der Waals surface area contributed by atoms with Crippen LogP contribution in [0.2, 0.25) is 0 Å². The Kier molecular flexibility index (Phi) is 4.08. The number of carbonyl (C=O) groups excluding carboxylic acids is 1. The molecule has 2 aliphatic rings. The molecule has 1 aromatic heterocycles. The summed E-state index contributed by atoms with van der Waals surface area (Å²) in [6.45, 7) is 13.5. The van der Waals surface area contributed by atoms with Crippen LogP contribution >= 0.6 is 0 Å². The molecule has 3 heterocycles. The topological polar surface area (TPSA) is 41.4 Å². The molecule has 120 valence electrons. The molecule has 3 rings (SSSR count). The van der Waals surface area contributed by atoms with Gasteiger partial charge in [-0.25, -0.2) is 0 Å². The first-order valence-electron chi connectivity index (χ1n) is 8.21. The van der Waals surface area contributed by atoms with Gasteiger partial charge in [-0.1, -0.05) is 6.08 Å². The van der Waals surface area contributed by atoms with E-state index in [1.54, 1.807) is 0 Å². The highest BCUT2D eigenvalue weighted by molar-refractivity contribution is 5.83. The number of aromatic nitrogens is 2. The van der Waals surface area contributed by atoms with Gasteiger partial charge in [-0.3, -0.25) is 14.4 Å². The lowest BCUT2D eigenvalue weighted by molar-refractivity contribution is -0.143. The zero-order valence-electron chi connectivity index (χ0n) is 13.9. The monoisotopic (exact) mass is 302 g/mol. The summed E-state index contributed by atoms with van der Waals surface area (Å²) in [7, 11) is 0. The molecule has 2 fully saturated rings. The Bertz CT molecular complexity index is 592. The molecule has 5 heteroatoms. The molecule has 0 radical (unpaired) electrons. The van der Waals surface area contributed by atoms with E-state index in [2.05, 4.69) is 35.3 Å². The van der Waals surface area contributed by atoms with Gasteiger partial charge in [0.1, 0.15) is 0 Å². The number of fused-ring (bicyclic) bond motifs is 1. The quantitative estimate of drug-likeness (QED) is 0.798. The zero-order chi connectivity index (χ0) is 15.9. The first-order chi connectivity index (χ1) is 10.5. The molecule has 0 unspecified atom stereocenters. The number of piperazine rings is 1. The molecule has 0 aromatic carbocycles. The van der Waals surface area contributed by atoms with E-state index in [9.17, 15) is 4.79 Å². The second-order valence-corrected chi connectivity index (χ2v) is 6.55. The number of allylic oxidation sites excluding steroid dienone is 1. The second kappa shape index (κ2) is 5.88. The molecule has 5 nitrogen and oxygen atoms in total. The predicted octanol–water partition coefficient (Wildman–Crippen LogP) is 1.88. The summed E-state index contributed by atoms with van der Waals surface area (Å²) >= 11 is 0. The predicted molar refractivity (Wildman–Crippen MR) is 86.5 cm³/mol. The van der Waals surface area contributed by atoms with Crippen LogP contribution in [-0.2, 0) is 17.9 Å². The van der Waals surface area contributed by atoms with Gasteiger partial charge < -0.3 is 4.90 Å². The molecule has 22 heavy (non-hydrogen) atoms. The Morgan fingerprint density at radius 2 is 2.18 bits per heavy atom. The Morgan fingerprint density at radius 3 is 2.91 bits per heavy atom. The van der Waals surface area contributed by atoms with Crippen LogP contribution in [0.15, 0.2) is 12.7 Å². The number of amides is 1. The summed E-state index contributed by atoms with van der Waals surface area (Å²) in [5, 5.41) is 4.60. The maximum Gasteiger partial charge on any atom is 0.239 e. The van der Waals surface area contributed by atoms with Crippen molar-refractivity contribution in [2.75, 3.05) is 13.1 Å². The van der Waals surface area contributed by atoms with Gasteiger partial charge in [-0.2, -0.15) is 5.10 Å². The fraction of sp³-hybridized carbons (Fsp3) is 0.647. The van der Waals surface area contributed by atoms with Gasteiger partial charge in [0.15, 0.2) is 0 Å². The van der Waals surface area contributed by atoms with Crippen molar-refractivity contribution in [3.8, 4) is 0 Å². The molecule has 2 aliphatic heterocycles. The largest absolute Gasteiger partial charge is 0.337 e. The molecule has 1 amide bonds. The van der Waals surface area contributed by atoms with Gasteiger partial charge in [-0.05, 0) is 33.6 Å². The summed E-state index contributed by atoms with van der Waals surface area (Å²) in [6, 6.07) is 0.378. The van der Waals surface area contributed by atoms with Crippen molar-refractivity contribution in [3.63, 3.8) is 0 Å². The third-order valence-corrected chi connectivity index (χ3v) is 5.21. The van der Waals surface area contributed by atoms with Crippen molar-refractivity contribution in [2.45, 2.75) is 58.8 Å². The van der Waals surface area contributed by atoms with Crippen LogP contribution in [-0.4, -0.2) is 50.7 Å². The number of rotatable bonds is 4. The van der Waals surface area contributed by atoms with Gasteiger partial charge in [0.25, 0.3) is 0 Å². The highest BCUT2D eigenvalue weighted by atomic mass is 16.2. The van der Waals surface area contributed by atoms with Crippen LogP contribution in [0, 0.1) is 13.8 Å². The van der Waals surface area contributed by atoms with E-state index in [-0.39, 0.29) is 6.04 Å². The lowest BCUT2D eigenvalue weighted by Crippen LogP contribution is -2.58. The van der Waals surface area contributed by atoms with Crippen LogP contribution in [0.5, 0.6) is 0 Å². The van der Waals surface area contributed by atoms with E-state index in [1.165, 1.54) is 11.3 Å². The summed E-state index contributed by atoms with van der Waals surface area (Å²) in [5.74, 6) is 0.294. The smallest absolute Gasteiger partial charge is 0.239 e. The first-order valence-corrected chi connectivity index (χ1v) is 8.21. The van der Waals surface area contributed by atoms with Crippen molar-refractivity contribution < 1.29 is 4.79 Å². The standard InChI is InChI=1S/C17H26N4O/c1-5-8-21-13(3)16(12(2)18-21)11-19-10-15-7-6-9-20(15)17(22)14(19)4/h5,14-15H,1,6-11H2,2-4H3/t14-,15-/m0/s1. The van der Waals surface area contributed by atoms with Gasteiger partial charge in [0.2, 0.25) is 5.91 Å². The fourth-order valence-electron chi connectivity index (χ4n) is 3.81. The Balaban J connectivity index is 1.80. The van der Waals surface area contributed by atoms with E-state index in [0.717, 1.165) is 44.7 Å². The second-order valence-electron chi connectivity index (χ2n) is 6.55. The van der Waals surface area contributed by atoms with Crippen LogP contribution in [0.4, 0.5) is 0 Å². The van der Waals surface area contributed by atoms with Gasteiger partial charge >= 0.3 is 0 Å². The van der Waals surface area contributed by atoms with Crippen LogP contribution in [0.3, 0.4) is 0 Å². The summed E-state index contributed by atoms with van der Waals surface area (Å²) in [4.78, 5) is 16.9. The molecule has 2 atom stereocenters. The number of hydrogen-bond acceptors (Lipinski definition) is 3. The molecule has 1 aromatic rings. The molecular weight excluding hydrogens is 276 g/mol. The van der Waals surface area contributed by atoms with E-state index >= 15 is 0 Å². The molecule has 2 saturated heterocycles. The van der Waals surface area contributed by atoms with Crippen molar-refractivity contribution in [1.82, 2.24) is 19.6 Å². The van der Waals surface area contributed by atoms with Crippen LogP contribution in [0.25, 0.3) is 0 Å². The maximum absolute atomic E-state index is 12.5. The van der Waals surface area contributed by atoms with Gasteiger partial charge in [-0.15, -0.1) is 6.58 Å². The van der Waals surface area contributed by atoms with E-state index in [1.807, 2.05) is 17.7 Å². The van der Waals surface area contributed by atoms with Crippen molar-refractivity contribution >= 4 is 5.91 Å². The van der Waals surface area contributed by atoms with Gasteiger partial charge in [0, 0.05) is 36.9 Å². The maximum atomic E-state index is 12.5. The Labute approximate surface area is 132 Å². The normalized spacial score (nSPS) is 25.6. The van der Waals surface area contributed by atoms with E-state index in [4.69, 9.17) is 0 Å². The molecule has 0 N–H and O–H groups in total. The Morgan fingerprint density at radius 1 is 1.41 bits per heavy atom. The number of carbonyl (C=O) groups is 1. The average Bonchev–Trinajstić information content (AvgIpc) is 3.05. The lowest BCUT2D eigenvalue weighted by Gasteiger charge is -2.41. The first kappa shape index (κ1) is 15.3. The number of aryl methyl sites for hydroxylation is 1. The molecular formula is C17H26N4O. The minimum atomic E-state index is -0.0316. The van der Waals surface area contributed by atoms with Crippen molar-refractivity contribution in [2.24, 2.45) is 0 Å². The SMILES string of the molecule is C=CCn1nc(C)c(CN2C[C@@H]3CCCN3C(=O)[C@@H]2C)c1C. The summed E-state index contributed by atoms with van der Waals surface area (Å²) < 4.78 is 2.00. The Hall–Kier alpha value is -1.62. The lowest BCUT2D eigenvalue weighted by atomic mass is 10.1. The van der Waals surface area contributed by atoms with Crippen LogP contribution in [0.1, 0.15) is 36.7 Å². The zero-order valence-corrected chi connectivity index (χ0v) is 13.9. The van der Waals surface area contributed by atoms with E-state index in [0.29, 0.717) is 11.9 Å². The summed E-state index contributed by atoms with van der Waals surface area (Å²) in [6.07, 6.45) is 4.15. The highest BCUT2D eigenvalue weighted by Crippen LogP contribution is 2.27. The van der Waals surface area contributed by atoms with Crippen LogP contribution < -0.4 is 0 Å². The third-order valence-electron chi connectivity index (χ3n) is 5.21. The highest BCUT2D eigenvalue weighted by Gasteiger charge is 2.40. The van der Waals surface area contributed by atoms with E-state index < -0.39 is 0 Å². The molecule has 0 aliphatic carbocycles. The molecule has 0 bridgehead atoms. The number of nitrogens with zero attached hydrogens (tertiary/aromatic N) is 4. The fourth-order valence-corrected chi connectivity index (χ4v) is 3.81. The number of hydrogen-bond donors (Lipinski definition) is 0. The molecule has 0 saturated carbocycles. The summed E-state index contributed by atoms with van der Waals surface area (Å²) in [5.41, 5.74) is 3.51.